The van der Waals surface area contributed by atoms with Gasteiger partial charge in [-0.1, -0.05) is 19.1 Å². The minimum atomic E-state index is -0.461. The lowest BCUT2D eigenvalue weighted by atomic mass is 9.85. The van der Waals surface area contributed by atoms with E-state index in [1.54, 1.807) is 7.11 Å². The molecule has 2 N–H and O–H groups in total. The fourth-order valence-electron chi connectivity index (χ4n) is 2.27. The summed E-state index contributed by atoms with van der Waals surface area (Å²) in [6.07, 6.45) is 6.26. The van der Waals surface area contributed by atoms with Gasteiger partial charge in [0, 0.05) is 20.2 Å². The largest absolute Gasteiger partial charge is 0.389 e. The summed E-state index contributed by atoms with van der Waals surface area (Å²) in [7, 11) is 1.70. The molecule has 3 unspecified atom stereocenters. The third-order valence-corrected chi connectivity index (χ3v) is 4.04. The molecule has 118 valence electrons. The maximum absolute atomic E-state index is 9.87. The van der Waals surface area contributed by atoms with Crippen LogP contribution in [0, 0.1) is 11.8 Å². The highest BCUT2D eigenvalue weighted by Gasteiger charge is 2.19. The summed E-state index contributed by atoms with van der Waals surface area (Å²) in [5.74, 6) is 1.27. The number of methoxy groups -OCH3 is 1. The number of hydrogen-bond donors (Lipinski definition) is 2. The zero-order chi connectivity index (χ0) is 15.0. The number of aliphatic hydroxyl groups is 1. The summed E-state index contributed by atoms with van der Waals surface area (Å²) in [6.45, 7) is 8.68. The van der Waals surface area contributed by atoms with Gasteiger partial charge in [0.05, 0.1) is 24.9 Å². The highest BCUT2D eigenvalue weighted by atomic mass is 16.5. The van der Waals surface area contributed by atoms with Gasteiger partial charge < -0.3 is 19.9 Å². The van der Waals surface area contributed by atoms with Gasteiger partial charge in [0.15, 0.2) is 0 Å². The van der Waals surface area contributed by atoms with Crippen molar-refractivity contribution in [3.05, 3.63) is 12.2 Å². The molecular formula is C16H31NO3. The van der Waals surface area contributed by atoms with Crippen LogP contribution in [-0.2, 0) is 9.47 Å². The van der Waals surface area contributed by atoms with Crippen LogP contribution in [0.2, 0.25) is 0 Å². The number of ether oxygens (including phenoxy) is 2. The molecule has 20 heavy (non-hydrogen) atoms. The SMILES string of the molecule is COC(C)(C)CNCC(O)COCC1CC=CCC1C. The Bertz CT molecular complexity index is 291. The Labute approximate surface area is 123 Å². The molecule has 0 saturated heterocycles. The van der Waals surface area contributed by atoms with Gasteiger partial charge in [-0.3, -0.25) is 0 Å². The van der Waals surface area contributed by atoms with Gasteiger partial charge in [-0.05, 0) is 38.5 Å². The Hall–Kier alpha value is -0.420. The molecule has 0 saturated carbocycles. The lowest BCUT2D eigenvalue weighted by molar-refractivity contribution is 0.00223. The quantitative estimate of drug-likeness (QED) is 0.636. The lowest BCUT2D eigenvalue weighted by Gasteiger charge is -2.26. The minimum Gasteiger partial charge on any atom is -0.389 e. The molecular weight excluding hydrogens is 254 g/mol. The van der Waals surface area contributed by atoms with Crippen LogP contribution in [-0.4, -0.2) is 50.2 Å². The Morgan fingerprint density at radius 1 is 1.35 bits per heavy atom. The lowest BCUT2D eigenvalue weighted by Crippen LogP contribution is -2.41. The second-order valence-electron chi connectivity index (χ2n) is 6.47. The standard InChI is InChI=1S/C16H31NO3/c1-13-7-5-6-8-14(13)10-20-11-15(18)9-17-12-16(2,3)19-4/h5-6,13-15,17-18H,7-12H2,1-4H3. The van der Waals surface area contributed by atoms with Crippen molar-refractivity contribution in [2.24, 2.45) is 11.8 Å². The molecule has 1 aliphatic rings. The highest BCUT2D eigenvalue weighted by Crippen LogP contribution is 2.24. The van der Waals surface area contributed by atoms with E-state index in [1.807, 2.05) is 13.8 Å². The molecule has 1 rings (SSSR count). The average Bonchev–Trinajstić information content (AvgIpc) is 2.41. The van der Waals surface area contributed by atoms with Crippen LogP contribution in [0.15, 0.2) is 12.2 Å². The molecule has 3 atom stereocenters. The van der Waals surface area contributed by atoms with Crippen molar-refractivity contribution < 1.29 is 14.6 Å². The Balaban J connectivity index is 2.08. The predicted molar refractivity (Wildman–Crippen MR) is 81.8 cm³/mol. The average molecular weight is 285 g/mol. The van der Waals surface area contributed by atoms with Gasteiger partial charge >= 0.3 is 0 Å². The van der Waals surface area contributed by atoms with Gasteiger partial charge in [0.25, 0.3) is 0 Å². The van der Waals surface area contributed by atoms with Crippen LogP contribution in [0.5, 0.6) is 0 Å². The van der Waals surface area contributed by atoms with E-state index >= 15 is 0 Å². The van der Waals surface area contributed by atoms with E-state index in [-0.39, 0.29) is 5.60 Å². The summed E-state index contributed by atoms with van der Waals surface area (Å²) >= 11 is 0. The zero-order valence-corrected chi connectivity index (χ0v) is 13.4. The van der Waals surface area contributed by atoms with Crippen molar-refractivity contribution in [1.29, 1.82) is 0 Å². The molecule has 0 radical (unpaired) electrons. The molecule has 4 heteroatoms. The molecule has 4 nitrogen and oxygen atoms in total. The third-order valence-electron chi connectivity index (χ3n) is 4.04. The summed E-state index contributed by atoms with van der Waals surface area (Å²) < 4.78 is 11.0. The number of nitrogens with one attached hydrogen (secondary N) is 1. The highest BCUT2D eigenvalue weighted by molar-refractivity contribution is 4.93. The van der Waals surface area contributed by atoms with Crippen molar-refractivity contribution in [2.45, 2.75) is 45.3 Å². The maximum atomic E-state index is 9.87. The number of aliphatic hydroxyl groups excluding tert-OH is 1. The molecule has 0 heterocycles. The van der Waals surface area contributed by atoms with E-state index < -0.39 is 6.10 Å². The smallest absolute Gasteiger partial charge is 0.0897 e. The van der Waals surface area contributed by atoms with Gasteiger partial charge in [0.1, 0.15) is 0 Å². The summed E-state index contributed by atoms with van der Waals surface area (Å²) in [4.78, 5) is 0. The molecule has 0 aliphatic heterocycles. The first kappa shape index (κ1) is 17.6. The van der Waals surface area contributed by atoms with E-state index in [1.165, 1.54) is 0 Å². The monoisotopic (exact) mass is 285 g/mol. The molecule has 0 aromatic rings. The zero-order valence-electron chi connectivity index (χ0n) is 13.4. The van der Waals surface area contributed by atoms with E-state index in [4.69, 9.17) is 9.47 Å². The van der Waals surface area contributed by atoms with Crippen LogP contribution in [0.4, 0.5) is 0 Å². The Kier molecular flexibility index (Phi) is 7.74. The maximum Gasteiger partial charge on any atom is 0.0897 e. The van der Waals surface area contributed by atoms with E-state index in [0.717, 1.165) is 19.4 Å². The second-order valence-corrected chi connectivity index (χ2v) is 6.47. The fourth-order valence-corrected chi connectivity index (χ4v) is 2.27. The van der Waals surface area contributed by atoms with Crippen LogP contribution in [0.3, 0.4) is 0 Å². The van der Waals surface area contributed by atoms with Crippen molar-refractivity contribution in [2.75, 3.05) is 33.4 Å². The Morgan fingerprint density at radius 3 is 2.70 bits per heavy atom. The van der Waals surface area contributed by atoms with Gasteiger partial charge in [-0.15, -0.1) is 0 Å². The van der Waals surface area contributed by atoms with Crippen LogP contribution in [0.25, 0.3) is 0 Å². The van der Waals surface area contributed by atoms with Crippen molar-refractivity contribution in [3.8, 4) is 0 Å². The predicted octanol–water partition coefficient (Wildman–Crippen LogP) is 1.98. The molecule has 0 bridgehead atoms. The summed E-state index contributed by atoms with van der Waals surface area (Å²) in [6, 6.07) is 0. The molecule has 0 spiro atoms. The van der Waals surface area contributed by atoms with Crippen molar-refractivity contribution in [3.63, 3.8) is 0 Å². The topological polar surface area (TPSA) is 50.7 Å². The first-order valence-corrected chi connectivity index (χ1v) is 7.61. The molecule has 0 amide bonds. The normalized spacial score (nSPS) is 24.9. The number of hydrogen-bond acceptors (Lipinski definition) is 4. The van der Waals surface area contributed by atoms with E-state index in [9.17, 15) is 5.11 Å². The van der Waals surface area contributed by atoms with Crippen molar-refractivity contribution in [1.82, 2.24) is 5.32 Å². The van der Waals surface area contributed by atoms with Crippen LogP contribution < -0.4 is 5.32 Å². The molecule has 0 aromatic heterocycles. The van der Waals surface area contributed by atoms with E-state index in [2.05, 4.69) is 24.4 Å². The van der Waals surface area contributed by atoms with Crippen LogP contribution in [0.1, 0.15) is 33.6 Å². The van der Waals surface area contributed by atoms with Crippen molar-refractivity contribution >= 4 is 0 Å². The fraction of sp³-hybridized carbons (Fsp3) is 0.875. The second kappa shape index (κ2) is 8.78. The molecule has 1 aliphatic carbocycles. The van der Waals surface area contributed by atoms with Gasteiger partial charge in [-0.2, -0.15) is 0 Å². The first-order valence-electron chi connectivity index (χ1n) is 7.61. The number of allylic oxidation sites excluding steroid dienone is 2. The first-order chi connectivity index (χ1) is 9.44. The summed E-state index contributed by atoms with van der Waals surface area (Å²) in [5.41, 5.74) is -0.204. The van der Waals surface area contributed by atoms with Gasteiger partial charge in [-0.25, -0.2) is 0 Å². The summed E-state index contributed by atoms with van der Waals surface area (Å²) in [5, 5.41) is 13.1. The van der Waals surface area contributed by atoms with Gasteiger partial charge in [0.2, 0.25) is 0 Å². The molecule has 0 fully saturated rings. The van der Waals surface area contributed by atoms with E-state index in [0.29, 0.717) is 31.5 Å². The van der Waals surface area contributed by atoms with Crippen LogP contribution >= 0.6 is 0 Å². The Morgan fingerprint density at radius 2 is 2.05 bits per heavy atom. The minimum absolute atomic E-state index is 0.204. The molecule has 0 aromatic carbocycles. The third kappa shape index (κ3) is 6.84. The number of rotatable bonds is 9.